The fourth-order valence-electron chi connectivity index (χ4n) is 0.929. The molecule has 1 heterocycles. The lowest BCUT2D eigenvalue weighted by Gasteiger charge is -2.09. The van der Waals surface area contributed by atoms with Crippen molar-refractivity contribution in [2.45, 2.75) is 12.1 Å². The Morgan fingerprint density at radius 1 is 1.44 bits per heavy atom. The van der Waals surface area contributed by atoms with E-state index >= 15 is 0 Å². The largest absolute Gasteiger partial charge is 0.213 e. The van der Waals surface area contributed by atoms with Crippen LogP contribution >= 0.6 is 0 Å². The zero-order chi connectivity index (χ0) is 6.10. The summed E-state index contributed by atoms with van der Waals surface area (Å²) in [6, 6.07) is 0.449. The second-order valence-corrected chi connectivity index (χ2v) is 2.06. The summed E-state index contributed by atoms with van der Waals surface area (Å²) in [6.45, 7) is 0. The Hall–Kier alpha value is -0.640. The maximum absolute atomic E-state index is 4.76. The van der Waals surface area contributed by atoms with Crippen molar-refractivity contribution in [2.75, 3.05) is 0 Å². The molecule has 1 saturated heterocycles. The van der Waals surface area contributed by atoms with Crippen molar-refractivity contribution >= 4 is 0 Å². The van der Waals surface area contributed by atoms with Gasteiger partial charge in [-0.2, -0.15) is 11.0 Å². The number of allylic oxidation sites excluding steroid dienone is 2. The molecule has 1 aliphatic heterocycles. The Labute approximate surface area is 53.3 Å². The zero-order valence-electron chi connectivity index (χ0n) is 4.79. The van der Waals surface area contributed by atoms with Gasteiger partial charge in [-0.25, -0.2) is 4.94 Å². The second-order valence-electron chi connectivity index (χ2n) is 2.06. The van der Waals surface area contributed by atoms with Crippen LogP contribution in [0.4, 0.5) is 0 Å². The van der Waals surface area contributed by atoms with E-state index in [2.05, 4.69) is 17.0 Å². The van der Waals surface area contributed by atoms with Crippen LogP contribution in [-0.2, 0) is 4.94 Å². The molecule has 1 aliphatic carbocycles. The van der Waals surface area contributed by atoms with Crippen LogP contribution < -0.4 is 11.0 Å². The highest BCUT2D eigenvalue weighted by atomic mass is 16.8. The molecule has 1 radical (unpaired) electrons. The van der Waals surface area contributed by atoms with E-state index in [0.29, 0.717) is 0 Å². The molecule has 2 unspecified atom stereocenters. The first-order valence-electron chi connectivity index (χ1n) is 2.90. The van der Waals surface area contributed by atoms with Crippen LogP contribution in [0.5, 0.6) is 0 Å². The van der Waals surface area contributed by atoms with Crippen LogP contribution in [0.1, 0.15) is 0 Å². The minimum atomic E-state index is 0.190. The van der Waals surface area contributed by atoms with E-state index in [1.807, 2.05) is 18.2 Å². The van der Waals surface area contributed by atoms with Crippen molar-refractivity contribution in [3.8, 4) is 0 Å². The first kappa shape index (κ1) is 5.17. The molecule has 2 rings (SSSR count). The average Bonchev–Trinajstić information content (AvgIpc) is 2.33. The molecular formula is C6H7N2O. The van der Waals surface area contributed by atoms with Crippen LogP contribution in [0.25, 0.3) is 0 Å². The Kier molecular flexibility index (Phi) is 1.12. The fraction of sp³-hybridized carbons (Fsp3) is 0.333. The molecular weight excluding hydrogens is 116 g/mol. The molecule has 2 aliphatic rings. The van der Waals surface area contributed by atoms with Gasteiger partial charge in [-0.05, 0) is 6.08 Å². The van der Waals surface area contributed by atoms with Gasteiger partial charge in [0.1, 0.15) is 0 Å². The number of fused-ring (bicyclic) bond motifs is 1. The van der Waals surface area contributed by atoms with Gasteiger partial charge in [-0.1, -0.05) is 18.2 Å². The summed E-state index contributed by atoms with van der Waals surface area (Å²) in [5.41, 5.74) is 5.53. The van der Waals surface area contributed by atoms with Gasteiger partial charge in [0, 0.05) is 0 Å². The average molecular weight is 123 g/mol. The van der Waals surface area contributed by atoms with Gasteiger partial charge >= 0.3 is 0 Å². The van der Waals surface area contributed by atoms with Crippen LogP contribution in [0.3, 0.4) is 0 Å². The Morgan fingerprint density at radius 3 is 3.33 bits per heavy atom. The van der Waals surface area contributed by atoms with Gasteiger partial charge in [-0.3, -0.25) is 0 Å². The predicted octanol–water partition coefficient (Wildman–Crippen LogP) is -0.308. The van der Waals surface area contributed by atoms with Crippen molar-refractivity contribution in [3.05, 3.63) is 24.3 Å². The second kappa shape index (κ2) is 1.95. The summed E-state index contributed by atoms with van der Waals surface area (Å²) in [6.07, 6.45) is 8.93. The maximum Gasteiger partial charge on any atom is 0.0806 e. The summed E-state index contributed by atoms with van der Waals surface area (Å²) in [5.74, 6) is 0. The Morgan fingerprint density at radius 2 is 2.44 bits per heavy atom. The van der Waals surface area contributed by atoms with Crippen molar-refractivity contribution in [1.82, 2.24) is 11.0 Å². The highest BCUT2D eigenvalue weighted by Gasteiger charge is 2.24. The summed E-state index contributed by atoms with van der Waals surface area (Å²) in [5, 5.41) is 0. The van der Waals surface area contributed by atoms with E-state index in [4.69, 9.17) is 4.94 Å². The Bertz CT molecular complexity index is 146. The number of hydrogen-bond acceptors (Lipinski definition) is 3. The highest BCUT2D eigenvalue weighted by Crippen LogP contribution is 2.07. The Balaban J connectivity index is 2.18. The summed E-state index contributed by atoms with van der Waals surface area (Å²) in [7, 11) is 0. The van der Waals surface area contributed by atoms with Crippen molar-refractivity contribution in [3.63, 3.8) is 0 Å². The van der Waals surface area contributed by atoms with Gasteiger partial charge in [0.25, 0.3) is 0 Å². The zero-order valence-corrected chi connectivity index (χ0v) is 4.79. The molecule has 9 heavy (non-hydrogen) atoms. The maximum atomic E-state index is 4.76. The van der Waals surface area contributed by atoms with Gasteiger partial charge in [0.2, 0.25) is 0 Å². The summed E-state index contributed by atoms with van der Waals surface area (Å²) in [4.78, 5) is 4.76. The molecule has 2 N–H and O–H groups in total. The lowest BCUT2D eigenvalue weighted by Crippen LogP contribution is -2.31. The van der Waals surface area contributed by atoms with E-state index in [9.17, 15) is 0 Å². The number of hydroxylamine groups is 2. The van der Waals surface area contributed by atoms with Gasteiger partial charge < -0.3 is 0 Å². The molecule has 47 valence electrons. The fourth-order valence-corrected chi connectivity index (χ4v) is 0.929. The molecule has 0 aromatic rings. The SMILES string of the molecule is [C]1=CC=CC2NONC12. The monoisotopic (exact) mass is 123 g/mol. The van der Waals surface area contributed by atoms with Gasteiger partial charge in [0.05, 0.1) is 12.1 Å². The first-order valence-corrected chi connectivity index (χ1v) is 2.90. The molecule has 0 amide bonds. The minimum Gasteiger partial charge on any atom is -0.213 e. The van der Waals surface area contributed by atoms with Crippen molar-refractivity contribution in [2.24, 2.45) is 0 Å². The van der Waals surface area contributed by atoms with Crippen molar-refractivity contribution < 1.29 is 4.94 Å². The topological polar surface area (TPSA) is 33.3 Å². The first-order chi connectivity index (χ1) is 4.47. The van der Waals surface area contributed by atoms with E-state index in [1.165, 1.54) is 0 Å². The summed E-state index contributed by atoms with van der Waals surface area (Å²) >= 11 is 0. The predicted molar refractivity (Wildman–Crippen MR) is 31.9 cm³/mol. The van der Waals surface area contributed by atoms with Gasteiger partial charge in [-0.15, -0.1) is 0 Å². The normalized spacial score (nSPS) is 39.1. The van der Waals surface area contributed by atoms with E-state index in [-0.39, 0.29) is 12.1 Å². The molecule has 2 atom stereocenters. The molecule has 0 aromatic carbocycles. The third kappa shape index (κ3) is 0.790. The minimum absolute atomic E-state index is 0.190. The number of nitrogens with one attached hydrogen (secondary N) is 2. The number of hydrogen-bond donors (Lipinski definition) is 2. The lowest BCUT2D eigenvalue weighted by molar-refractivity contribution is 0.0139. The van der Waals surface area contributed by atoms with Crippen molar-refractivity contribution in [1.29, 1.82) is 0 Å². The van der Waals surface area contributed by atoms with Crippen LogP contribution in [-0.4, -0.2) is 12.1 Å². The molecule has 3 nitrogen and oxygen atoms in total. The van der Waals surface area contributed by atoms with Crippen LogP contribution in [0.2, 0.25) is 0 Å². The van der Waals surface area contributed by atoms with E-state index < -0.39 is 0 Å². The molecule has 3 heteroatoms. The smallest absolute Gasteiger partial charge is 0.0806 e. The number of rotatable bonds is 0. The molecule has 0 saturated carbocycles. The summed E-state index contributed by atoms with van der Waals surface area (Å²) < 4.78 is 0. The molecule has 0 bridgehead atoms. The van der Waals surface area contributed by atoms with Crippen LogP contribution in [0.15, 0.2) is 18.2 Å². The van der Waals surface area contributed by atoms with E-state index in [0.717, 1.165) is 0 Å². The lowest BCUT2D eigenvalue weighted by atomic mass is 10.1. The molecule has 1 fully saturated rings. The standard InChI is InChI=1S/C6H7N2O/c1-2-4-6-5(3-1)7-9-8-6/h1-3,5-8H. The third-order valence-electron chi connectivity index (χ3n) is 1.43. The quantitative estimate of drug-likeness (QED) is 0.463. The highest BCUT2D eigenvalue weighted by molar-refractivity contribution is 5.16. The molecule has 0 aromatic heterocycles. The van der Waals surface area contributed by atoms with Gasteiger partial charge in [0.15, 0.2) is 0 Å². The third-order valence-corrected chi connectivity index (χ3v) is 1.43. The van der Waals surface area contributed by atoms with Crippen LogP contribution in [0, 0.1) is 6.08 Å². The van der Waals surface area contributed by atoms with E-state index in [1.54, 1.807) is 0 Å². The molecule has 0 spiro atoms.